The van der Waals surface area contributed by atoms with Crippen molar-refractivity contribution < 1.29 is 0 Å². The number of benzene rings is 1. The van der Waals surface area contributed by atoms with Crippen LogP contribution in [-0.2, 0) is 6.54 Å². The average molecular weight is 304 g/mol. The Balaban J connectivity index is 1.88. The Morgan fingerprint density at radius 2 is 2.19 bits per heavy atom. The molecule has 21 heavy (non-hydrogen) atoms. The van der Waals surface area contributed by atoms with Crippen molar-refractivity contribution in [3.05, 3.63) is 41.0 Å². The number of pyridine rings is 1. The van der Waals surface area contributed by atoms with Crippen molar-refractivity contribution in [2.75, 3.05) is 13.1 Å². The lowest BCUT2D eigenvalue weighted by molar-refractivity contribution is 0.134. The summed E-state index contributed by atoms with van der Waals surface area (Å²) in [5.41, 5.74) is 8.06. The van der Waals surface area contributed by atoms with Crippen LogP contribution >= 0.6 is 11.6 Å². The lowest BCUT2D eigenvalue weighted by Crippen LogP contribution is -2.40. The smallest absolute Gasteiger partial charge is 0.0761 e. The van der Waals surface area contributed by atoms with Crippen LogP contribution < -0.4 is 5.73 Å². The number of rotatable bonds is 4. The van der Waals surface area contributed by atoms with Gasteiger partial charge in [0, 0.05) is 29.2 Å². The molecule has 0 aliphatic carbocycles. The molecule has 1 atom stereocenters. The first-order chi connectivity index (χ1) is 10.3. The highest BCUT2D eigenvalue weighted by molar-refractivity contribution is 6.35. The molecule has 0 amide bonds. The fourth-order valence-corrected chi connectivity index (χ4v) is 3.55. The van der Waals surface area contributed by atoms with E-state index in [4.69, 9.17) is 17.3 Å². The van der Waals surface area contributed by atoms with Crippen LogP contribution in [0.15, 0.2) is 30.5 Å². The van der Waals surface area contributed by atoms with Gasteiger partial charge in [0.15, 0.2) is 0 Å². The van der Waals surface area contributed by atoms with Crippen LogP contribution in [0.4, 0.5) is 0 Å². The maximum absolute atomic E-state index is 6.28. The van der Waals surface area contributed by atoms with Gasteiger partial charge in [-0.05, 0) is 56.1 Å². The van der Waals surface area contributed by atoms with E-state index in [1.54, 1.807) is 0 Å². The van der Waals surface area contributed by atoms with E-state index in [0.717, 1.165) is 42.0 Å². The molecule has 1 unspecified atom stereocenters. The van der Waals surface area contributed by atoms with E-state index in [1.165, 1.54) is 24.8 Å². The average Bonchev–Trinajstić information content (AvgIpc) is 2.52. The van der Waals surface area contributed by atoms with Crippen LogP contribution in [0.1, 0.15) is 31.2 Å². The summed E-state index contributed by atoms with van der Waals surface area (Å²) in [7, 11) is 0. The van der Waals surface area contributed by atoms with E-state index in [1.807, 2.05) is 24.4 Å². The van der Waals surface area contributed by atoms with Crippen molar-refractivity contribution in [1.82, 2.24) is 9.88 Å². The molecule has 0 spiro atoms. The van der Waals surface area contributed by atoms with Gasteiger partial charge in [0.2, 0.25) is 0 Å². The number of likely N-dealkylation sites (tertiary alicyclic amines) is 1. The minimum absolute atomic E-state index is 0.609. The van der Waals surface area contributed by atoms with Gasteiger partial charge in [-0.25, -0.2) is 0 Å². The topological polar surface area (TPSA) is 42.1 Å². The van der Waals surface area contributed by atoms with Crippen molar-refractivity contribution in [2.45, 2.75) is 38.3 Å². The second kappa shape index (κ2) is 6.73. The second-order valence-corrected chi connectivity index (χ2v) is 6.21. The van der Waals surface area contributed by atoms with E-state index in [2.05, 4.69) is 16.0 Å². The first-order valence-electron chi connectivity index (χ1n) is 7.76. The molecule has 1 aliphatic heterocycles. The molecule has 112 valence electrons. The molecule has 3 nitrogen and oxygen atoms in total. The quantitative estimate of drug-likeness (QED) is 0.938. The Bertz CT molecular complexity index is 612. The Morgan fingerprint density at radius 3 is 3.05 bits per heavy atom. The maximum Gasteiger partial charge on any atom is 0.0761 e. The van der Waals surface area contributed by atoms with Crippen LogP contribution in [0, 0.1) is 0 Å². The summed E-state index contributed by atoms with van der Waals surface area (Å²) in [5, 5.41) is 1.82. The first-order valence-corrected chi connectivity index (χ1v) is 8.13. The monoisotopic (exact) mass is 303 g/mol. The van der Waals surface area contributed by atoms with E-state index in [-0.39, 0.29) is 0 Å². The van der Waals surface area contributed by atoms with E-state index < -0.39 is 0 Å². The predicted molar refractivity (Wildman–Crippen MR) is 88.5 cm³/mol. The summed E-state index contributed by atoms with van der Waals surface area (Å²) in [6, 6.07) is 8.70. The summed E-state index contributed by atoms with van der Waals surface area (Å²) in [6.45, 7) is 2.86. The van der Waals surface area contributed by atoms with Crippen LogP contribution in [-0.4, -0.2) is 29.0 Å². The van der Waals surface area contributed by atoms with Crippen molar-refractivity contribution in [2.24, 2.45) is 5.73 Å². The molecule has 2 aromatic rings. The molecule has 4 heteroatoms. The summed E-state index contributed by atoms with van der Waals surface area (Å²) in [6.07, 6.45) is 6.78. The third-order valence-corrected chi connectivity index (χ3v) is 4.75. The van der Waals surface area contributed by atoms with Gasteiger partial charge in [0.05, 0.1) is 5.52 Å². The molecule has 1 fully saturated rings. The van der Waals surface area contributed by atoms with E-state index in [9.17, 15) is 0 Å². The molecule has 1 saturated heterocycles. The molecule has 0 saturated carbocycles. The van der Waals surface area contributed by atoms with E-state index >= 15 is 0 Å². The zero-order chi connectivity index (χ0) is 14.7. The molecular formula is C17H22ClN3. The van der Waals surface area contributed by atoms with Crippen molar-refractivity contribution in [3.8, 4) is 0 Å². The maximum atomic E-state index is 6.28. The minimum Gasteiger partial charge on any atom is -0.330 e. The van der Waals surface area contributed by atoms with E-state index in [0.29, 0.717) is 6.04 Å². The minimum atomic E-state index is 0.609. The van der Waals surface area contributed by atoms with Gasteiger partial charge in [-0.2, -0.15) is 0 Å². The van der Waals surface area contributed by atoms with Gasteiger partial charge in [0.25, 0.3) is 0 Å². The lowest BCUT2D eigenvalue weighted by atomic mass is 9.98. The number of hydrogen-bond donors (Lipinski definition) is 1. The van der Waals surface area contributed by atoms with Crippen LogP contribution in [0.25, 0.3) is 10.9 Å². The number of nitrogens with zero attached hydrogens (tertiary/aromatic N) is 2. The normalized spacial score (nSPS) is 20.0. The van der Waals surface area contributed by atoms with Gasteiger partial charge in [-0.1, -0.05) is 24.1 Å². The molecular weight excluding hydrogens is 282 g/mol. The van der Waals surface area contributed by atoms with Gasteiger partial charge in [0.1, 0.15) is 0 Å². The molecule has 0 radical (unpaired) electrons. The molecule has 0 bridgehead atoms. The number of piperidine rings is 1. The van der Waals surface area contributed by atoms with Gasteiger partial charge in [-0.15, -0.1) is 0 Å². The first kappa shape index (κ1) is 14.8. The lowest BCUT2D eigenvalue weighted by Gasteiger charge is -2.35. The SMILES string of the molecule is NCCC1CCCCN1Cc1ccc(Cl)c2cccnc12. The number of nitrogens with two attached hydrogens (primary N) is 1. The molecule has 3 rings (SSSR count). The van der Waals surface area contributed by atoms with Gasteiger partial charge in [-0.3, -0.25) is 9.88 Å². The summed E-state index contributed by atoms with van der Waals surface area (Å²) >= 11 is 6.28. The fourth-order valence-electron chi connectivity index (χ4n) is 3.33. The summed E-state index contributed by atoms with van der Waals surface area (Å²) < 4.78 is 0. The fraction of sp³-hybridized carbons (Fsp3) is 0.471. The number of hydrogen-bond acceptors (Lipinski definition) is 3. The molecule has 2 heterocycles. The molecule has 1 aromatic heterocycles. The number of halogens is 1. The van der Waals surface area contributed by atoms with Crippen LogP contribution in [0.5, 0.6) is 0 Å². The zero-order valence-electron chi connectivity index (χ0n) is 12.3. The molecule has 1 aliphatic rings. The highest BCUT2D eigenvalue weighted by Gasteiger charge is 2.22. The Labute approximate surface area is 131 Å². The highest BCUT2D eigenvalue weighted by Crippen LogP contribution is 2.28. The van der Waals surface area contributed by atoms with Crippen molar-refractivity contribution in [1.29, 1.82) is 0 Å². The van der Waals surface area contributed by atoms with Gasteiger partial charge >= 0.3 is 0 Å². The third kappa shape index (κ3) is 3.20. The van der Waals surface area contributed by atoms with Crippen LogP contribution in [0.3, 0.4) is 0 Å². The number of aromatic nitrogens is 1. The standard InChI is InChI=1S/C17H22ClN3/c18-16-7-6-13(17-15(16)5-3-10-20-17)12-21-11-2-1-4-14(21)8-9-19/h3,5-7,10,14H,1-2,4,8-9,11-12,19H2. The molecule has 2 N–H and O–H groups in total. The summed E-state index contributed by atoms with van der Waals surface area (Å²) in [4.78, 5) is 7.11. The largest absolute Gasteiger partial charge is 0.330 e. The van der Waals surface area contributed by atoms with Crippen molar-refractivity contribution in [3.63, 3.8) is 0 Å². The summed E-state index contributed by atoms with van der Waals surface area (Å²) in [5.74, 6) is 0. The number of fused-ring (bicyclic) bond motifs is 1. The zero-order valence-corrected chi connectivity index (χ0v) is 13.0. The third-order valence-electron chi connectivity index (χ3n) is 4.42. The molecule has 1 aromatic carbocycles. The Morgan fingerprint density at radius 1 is 1.29 bits per heavy atom. The van der Waals surface area contributed by atoms with Crippen LogP contribution in [0.2, 0.25) is 5.02 Å². The van der Waals surface area contributed by atoms with Gasteiger partial charge < -0.3 is 5.73 Å². The second-order valence-electron chi connectivity index (χ2n) is 5.80. The highest BCUT2D eigenvalue weighted by atomic mass is 35.5. The van der Waals surface area contributed by atoms with Crippen molar-refractivity contribution >= 4 is 22.5 Å². The Hall–Kier alpha value is -1.16. The predicted octanol–water partition coefficient (Wildman–Crippen LogP) is 3.59. The Kier molecular flexibility index (Phi) is 4.73.